The van der Waals surface area contributed by atoms with Crippen molar-refractivity contribution < 1.29 is 38.6 Å². The van der Waals surface area contributed by atoms with Crippen LogP contribution in [-0.2, 0) is 16.0 Å². The van der Waals surface area contributed by atoms with Gasteiger partial charge in [0.05, 0.1) is 34.8 Å². The lowest BCUT2D eigenvalue weighted by molar-refractivity contribution is -0.141. The van der Waals surface area contributed by atoms with Crippen molar-refractivity contribution in [3.05, 3.63) is 119 Å². The summed E-state index contributed by atoms with van der Waals surface area (Å²) in [6, 6.07) is 24.8. The fourth-order valence-corrected chi connectivity index (χ4v) is 11.2. The van der Waals surface area contributed by atoms with E-state index in [2.05, 4.69) is 30.6 Å². The summed E-state index contributed by atoms with van der Waals surface area (Å²) < 4.78 is 17.8. The zero-order chi connectivity index (χ0) is 51.2. The predicted molar refractivity (Wildman–Crippen MR) is 277 cm³/mol. The summed E-state index contributed by atoms with van der Waals surface area (Å²) in [4.78, 5) is 52.9. The molecule has 9 rings (SSSR count). The molecule has 4 atom stereocenters. The smallest absolute Gasteiger partial charge is 0.254 e. The maximum Gasteiger partial charge on any atom is 0.254 e. The lowest BCUT2D eigenvalue weighted by Gasteiger charge is -2.47. The van der Waals surface area contributed by atoms with Gasteiger partial charge in [-0.3, -0.25) is 19.3 Å². The molecule has 3 aromatic carbocycles. The van der Waals surface area contributed by atoms with Gasteiger partial charge in [0, 0.05) is 62.3 Å². The molecule has 384 valence electrons. The molecule has 3 aliphatic heterocycles. The molecule has 6 aromatic rings. The number of carbonyl (C=O) groups is 3. The van der Waals surface area contributed by atoms with Crippen molar-refractivity contribution >= 4 is 34.9 Å². The van der Waals surface area contributed by atoms with Gasteiger partial charge in [-0.15, -0.1) is 21.5 Å². The summed E-state index contributed by atoms with van der Waals surface area (Å²) in [5.41, 5.74) is 13.7. The quantitative estimate of drug-likeness (QED) is 0.0697. The van der Waals surface area contributed by atoms with Gasteiger partial charge in [-0.1, -0.05) is 62.4 Å². The highest BCUT2D eigenvalue weighted by molar-refractivity contribution is 7.13. The molecule has 3 saturated heterocycles. The van der Waals surface area contributed by atoms with E-state index < -0.39 is 18.1 Å². The number of rotatable bonds is 17. The summed E-state index contributed by atoms with van der Waals surface area (Å²) in [5, 5.41) is 36.3. The number of phenols is 1. The number of β-amino-alcohol motifs (C(OH)–C–C–N with tert-alkyl or cyclic N) is 1. The minimum Gasteiger partial charge on any atom is -0.507 e. The molecule has 3 aliphatic rings. The van der Waals surface area contributed by atoms with Crippen molar-refractivity contribution in [1.82, 2.24) is 40.4 Å². The van der Waals surface area contributed by atoms with Crippen LogP contribution in [0.2, 0.25) is 0 Å². The van der Waals surface area contributed by atoms with Crippen LogP contribution in [0.1, 0.15) is 97.8 Å². The number of amides is 3. The Kier molecular flexibility index (Phi) is 15.7. The van der Waals surface area contributed by atoms with Gasteiger partial charge in [-0.2, -0.15) is 0 Å². The number of phenolic OH excluding ortho intramolecular Hbond substituents is 1. The Hall–Kier alpha value is -6.89. The third kappa shape index (κ3) is 11.8. The number of ether oxygens (including phenoxy) is 2. The Morgan fingerprint density at radius 2 is 1.64 bits per heavy atom. The minimum atomic E-state index is -0.835. The summed E-state index contributed by atoms with van der Waals surface area (Å²) in [6.45, 7) is 12.6. The summed E-state index contributed by atoms with van der Waals surface area (Å²) in [6.07, 6.45) is 3.96. The zero-order valence-electron chi connectivity index (χ0n) is 41.9. The van der Waals surface area contributed by atoms with Crippen molar-refractivity contribution in [2.75, 3.05) is 58.2 Å². The number of nitrogens with one attached hydrogen (secondary N) is 1. The number of anilines is 1. The Bertz CT molecular complexity index is 2850. The van der Waals surface area contributed by atoms with Gasteiger partial charge in [-0.05, 0) is 110 Å². The summed E-state index contributed by atoms with van der Waals surface area (Å²) in [5.74, 6) is -0.174. The fourth-order valence-electron chi connectivity index (χ4n) is 10.4. The number of aromatic hydroxyl groups is 1. The molecular formula is C55H65N9O8S. The fraction of sp³-hybridized carbons (Fsp3) is 0.436. The number of likely N-dealkylation sites (tertiary alicyclic amines) is 3. The van der Waals surface area contributed by atoms with E-state index in [0.717, 1.165) is 79.1 Å². The van der Waals surface area contributed by atoms with E-state index in [4.69, 9.17) is 19.7 Å². The molecule has 5 N–H and O–H groups in total. The van der Waals surface area contributed by atoms with Crippen LogP contribution in [0.4, 0.5) is 5.82 Å². The molecule has 3 fully saturated rings. The predicted octanol–water partition coefficient (Wildman–Crippen LogP) is 7.45. The maximum absolute atomic E-state index is 14.2. The van der Waals surface area contributed by atoms with Crippen LogP contribution in [0.25, 0.3) is 21.7 Å². The molecule has 18 heteroatoms. The second-order valence-corrected chi connectivity index (χ2v) is 20.9. The Labute approximate surface area is 429 Å². The molecule has 17 nitrogen and oxygen atoms in total. The lowest BCUT2D eigenvalue weighted by atomic mass is 9.71. The van der Waals surface area contributed by atoms with Gasteiger partial charge < -0.3 is 45.1 Å². The monoisotopic (exact) mass is 1010 g/mol. The number of aliphatic hydroxyl groups is 1. The number of para-hydroxylation sites is 1. The number of hydrogen-bond donors (Lipinski definition) is 4. The summed E-state index contributed by atoms with van der Waals surface area (Å²) in [7, 11) is 0. The number of piperidine rings is 2. The van der Waals surface area contributed by atoms with Crippen LogP contribution in [0.15, 0.2) is 95.0 Å². The molecule has 0 aliphatic carbocycles. The van der Waals surface area contributed by atoms with Gasteiger partial charge in [0.25, 0.3) is 11.8 Å². The average Bonchev–Trinajstić information content (AvgIpc) is 4.15. The molecule has 3 aromatic heterocycles. The van der Waals surface area contributed by atoms with Gasteiger partial charge in [0.1, 0.15) is 30.0 Å². The van der Waals surface area contributed by atoms with E-state index in [1.54, 1.807) is 41.7 Å². The molecule has 73 heavy (non-hydrogen) atoms. The first-order valence-electron chi connectivity index (χ1n) is 25.3. The second kappa shape index (κ2) is 22.5. The average molecular weight is 1010 g/mol. The number of aromatic nitrogens is 4. The number of hydrogen-bond acceptors (Lipinski definition) is 15. The van der Waals surface area contributed by atoms with E-state index in [9.17, 15) is 24.6 Å². The topological polar surface area (TPSA) is 223 Å². The molecule has 0 bridgehead atoms. The van der Waals surface area contributed by atoms with Crippen LogP contribution in [0, 0.1) is 18.3 Å². The van der Waals surface area contributed by atoms with Crippen molar-refractivity contribution in [3.8, 4) is 39.1 Å². The normalized spacial score (nSPS) is 18.7. The van der Waals surface area contributed by atoms with Crippen molar-refractivity contribution in [1.29, 1.82) is 0 Å². The first kappa shape index (κ1) is 51.0. The Morgan fingerprint density at radius 3 is 2.34 bits per heavy atom. The second-order valence-electron chi connectivity index (χ2n) is 20.1. The Morgan fingerprint density at radius 1 is 0.918 bits per heavy atom. The minimum absolute atomic E-state index is 0.0477. The highest BCUT2D eigenvalue weighted by atomic mass is 32.1. The van der Waals surface area contributed by atoms with Gasteiger partial charge in [0.2, 0.25) is 11.8 Å². The molecule has 0 unspecified atom stereocenters. The molecule has 3 amide bonds. The van der Waals surface area contributed by atoms with Crippen LogP contribution in [0.3, 0.4) is 0 Å². The number of benzene rings is 3. The highest BCUT2D eigenvalue weighted by Gasteiger charge is 2.44. The first-order valence-corrected chi connectivity index (χ1v) is 26.2. The summed E-state index contributed by atoms with van der Waals surface area (Å²) >= 11 is 1.59. The van der Waals surface area contributed by atoms with Crippen LogP contribution >= 0.6 is 11.3 Å². The van der Waals surface area contributed by atoms with E-state index >= 15 is 0 Å². The molecule has 0 radical (unpaired) electrons. The third-order valence-electron chi connectivity index (χ3n) is 14.9. The van der Waals surface area contributed by atoms with Crippen molar-refractivity contribution in [3.63, 3.8) is 0 Å². The number of nitrogen functional groups attached to an aromatic ring is 1. The lowest BCUT2D eigenvalue weighted by Crippen LogP contribution is -2.48. The number of aliphatic hydroxyl groups excluding tert-OH is 1. The molecular weight excluding hydrogens is 947 g/mol. The number of thiazole rings is 1. The third-order valence-corrected chi connectivity index (χ3v) is 15.9. The first-order chi connectivity index (χ1) is 35.2. The van der Waals surface area contributed by atoms with Crippen LogP contribution in [0.5, 0.6) is 17.4 Å². The SMILES string of the molecule is Cc1ncsc1-c1ccc([C@H](C)NC(=O)[C@@H]2C[C@@H](O)CN2C(=O)[C@@H](c2cc(OCCN3CCC4(CC3)CCN(C(=O)c3ccc(CCOc5cc(-c6ccccc6O)nnc5N)cc3)CC4)no2)C(C)C)cc1. The maximum atomic E-state index is 14.2. The highest BCUT2D eigenvalue weighted by Crippen LogP contribution is 2.42. The zero-order valence-corrected chi connectivity index (χ0v) is 42.7. The van der Waals surface area contributed by atoms with Crippen molar-refractivity contribution in [2.24, 2.45) is 11.3 Å². The van der Waals surface area contributed by atoms with E-state index in [-0.39, 0.29) is 59.6 Å². The molecule has 1 spiro atoms. The largest absolute Gasteiger partial charge is 0.507 e. The molecule has 0 saturated carbocycles. The Balaban J connectivity index is 0.697. The van der Waals surface area contributed by atoms with Gasteiger partial charge in [-0.25, -0.2) is 4.98 Å². The molecule has 6 heterocycles. The van der Waals surface area contributed by atoms with E-state index in [0.29, 0.717) is 60.4 Å². The van der Waals surface area contributed by atoms with Crippen LogP contribution in [-0.4, -0.2) is 128 Å². The standard InChI is InChI=1S/C55H65N9O8S/c1-34(2)49(54(69)64-32-41(65)29-44(64)52(67)58-35(3)38-13-15-39(16-14-38)50-36(4)57-33-73-50)46-31-48(61-72-46)71-28-26-62-22-18-55(19-23-62)20-24-63(25-21-55)53(68)40-11-9-37(10-12-40)17-27-70-47-30-43(59-60-51(47)56)42-7-5-6-8-45(42)66/h5-16,30-31,33-35,41,44,49,65-66H,17-29,32H2,1-4H3,(H2,56,60)(H,58,67)/t35-,41+,44-,49+/m0/s1. The van der Waals surface area contributed by atoms with Gasteiger partial charge >= 0.3 is 0 Å². The number of nitrogens with two attached hydrogens (primary N) is 1. The van der Waals surface area contributed by atoms with E-state index in [1.165, 1.54) is 4.90 Å². The number of aryl methyl sites for hydroxylation is 1. The van der Waals surface area contributed by atoms with Gasteiger partial charge in [0.15, 0.2) is 17.3 Å². The van der Waals surface area contributed by atoms with Crippen LogP contribution < -0.4 is 20.5 Å². The number of carbonyl (C=O) groups excluding carboxylic acids is 3. The number of nitrogens with zero attached hydrogens (tertiary/aromatic N) is 7. The van der Waals surface area contributed by atoms with E-state index in [1.807, 2.05) is 92.7 Å². The van der Waals surface area contributed by atoms with Crippen molar-refractivity contribution in [2.45, 2.75) is 90.3 Å².